The van der Waals surface area contributed by atoms with Crippen LogP contribution in [0, 0.1) is 6.92 Å². The van der Waals surface area contributed by atoms with Crippen molar-refractivity contribution in [2.24, 2.45) is 0 Å². The van der Waals surface area contributed by atoms with Crippen LogP contribution < -0.4 is 15.0 Å². The number of thiophene rings is 1. The lowest BCUT2D eigenvalue weighted by molar-refractivity contribution is -0.126. The van der Waals surface area contributed by atoms with E-state index in [2.05, 4.69) is 10.4 Å². The van der Waals surface area contributed by atoms with Crippen molar-refractivity contribution in [1.82, 2.24) is 15.1 Å². The molecule has 0 saturated heterocycles. The molecule has 1 N–H and O–H groups in total. The quantitative estimate of drug-likeness (QED) is 0.430. The van der Waals surface area contributed by atoms with Gasteiger partial charge in [0.25, 0.3) is 5.91 Å². The van der Waals surface area contributed by atoms with Gasteiger partial charge in [0.05, 0.1) is 18.5 Å². The molecule has 1 aliphatic rings. The molecule has 35 heavy (non-hydrogen) atoms. The Balaban J connectivity index is 1.52. The average Bonchev–Trinajstić information content (AvgIpc) is 3.54. The van der Waals surface area contributed by atoms with Gasteiger partial charge in [0.2, 0.25) is 5.91 Å². The van der Waals surface area contributed by atoms with Crippen LogP contribution in [0.15, 0.2) is 72.1 Å². The van der Waals surface area contributed by atoms with E-state index in [0.717, 1.165) is 21.7 Å². The average molecular weight is 487 g/mol. The van der Waals surface area contributed by atoms with E-state index in [9.17, 15) is 9.59 Å². The highest BCUT2D eigenvalue weighted by Gasteiger charge is 2.48. The number of amides is 2. The molecule has 0 aliphatic carbocycles. The second kappa shape index (κ2) is 9.03. The molecule has 8 heteroatoms. The lowest BCUT2D eigenvalue weighted by Gasteiger charge is -2.43. The first-order chi connectivity index (χ1) is 16.9. The van der Waals surface area contributed by atoms with Gasteiger partial charge in [0.15, 0.2) is 0 Å². The highest BCUT2D eigenvalue weighted by atomic mass is 32.1. The van der Waals surface area contributed by atoms with E-state index >= 15 is 0 Å². The molecular weight excluding hydrogens is 460 g/mol. The number of rotatable bonds is 6. The molecule has 2 aromatic heterocycles. The minimum atomic E-state index is -1.19. The van der Waals surface area contributed by atoms with E-state index in [1.165, 1.54) is 0 Å². The summed E-state index contributed by atoms with van der Waals surface area (Å²) in [6.45, 7) is 4.40. The van der Waals surface area contributed by atoms with Crippen LogP contribution in [0.3, 0.4) is 0 Å². The van der Waals surface area contributed by atoms with E-state index in [-0.39, 0.29) is 18.4 Å². The Labute approximate surface area is 208 Å². The zero-order chi connectivity index (χ0) is 24.6. The molecule has 2 amide bonds. The van der Waals surface area contributed by atoms with Crippen LogP contribution in [-0.4, -0.2) is 34.2 Å². The van der Waals surface area contributed by atoms with Crippen LogP contribution in [0.2, 0.25) is 0 Å². The summed E-state index contributed by atoms with van der Waals surface area (Å²) in [5, 5.41) is 9.70. The number of anilines is 1. The predicted octanol–water partition coefficient (Wildman–Crippen LogP) is 4.66. The third-order valence-electron chi connectivity index (χ3n) is 6.32. The van der Waals surface area contributed by atoms with E-state index in [0.29, 0.717) is 23.7 Å². The number of carbonyl (C=O) groups is 2. The van der Waals surface area contributed by atoms with Crippen molar-refractivity contribution in [2.45, 2.75) is 32.5 Å². The zero-order valence-electron chi connectivity index (χ0n) is 19.8. The number of hydrogen-bond donors (Lipinski definition) is 1. The number of nitrogens with one attached hydrogen (secondary N) is 1. The van der Waals surface area contributed by atoms with Gasteiger partial charge in [-0.2, -0.15) is 5.10 Å². The molecule has 0 unspecified atom stereocenters. The van der Waals surface area contributed by atoms with Crippen LogP contribution >= 0.6 is 11.3 Å². The Bertz CT molecular complexity index is 1360. The molecule has 4 aromatic rings. The van der Waals surface area contributed by atoms with Crippen molar-refractivity contribution in [3.8, 4) is 16.3 Å². The molecule has 7 nitrogen and oxygen atoms in total. The predicted molar refractivity (Wildman–Crippen MR) is 137 cm³/mol. The third-order valence-corrected chi connectivity index (χ3v) is 7.21. The Morgan fingerprint density at radius 3 is 2.54 bits per heavy atom. The van der Waals surface area contributed by atoms with Gasteiger partial charge in [-0.05, 0) is 61.2 Å². The van der Waals surface area contributed by atoms with Crippen molar-refractivity contribution in [1.29, 1.82) is 0 Å². The highest BCUT2D eigenvalue weighted by Crippen LogP contribution is 2.35. The zero-order valence-corrected chi connectivity index (χ0v) is 20.6. The Kier molecular flexibility index (Phi) is 5.90. The van der Waals surface area contributed by atoms with Gasteiger partial charge in [-0.3, -0.25) is 19.2 Å². The van der Waals surface area contributed by atoms with Gasteiger partial charge >= 0.3 is 0 Å². The SMILES string of the molecule is COc1ccc(N2C(=O)c3cc(-c4cccs4)nn3C[C@]2(C)C(=O)NCc2ccc(C)cc2)cc1. The molecule has 0 fully saturated rings. The number of aromatic nitrogens is 2. The molecule has 0 saturated carbocycles. The first kappa shape index (κ1) is 22.9. The molecule has 0 bridgehead atoms. The van der Waals surface area contributed by atoms with Gasteiger partial charge in [0, 0.05) is 12.2 Å². The summed E-state index contributed by atoms with van der Waals surface area (Å²) in [5.74, 6) is 0.152. The van der Waals surface area contributed by atoms with Gasteiger partial charge in [0.1, 0.15) is 22.7 Å². The van der Waals surface area contributed by atoms with Gasteiger partial charge in [-0.1, -0.05) is 35.9 Å². The topological polar surface area (TPSA) is 76.5 Å². The van der Waals surface area contributed by atoms with E-state index < -0.39 is 5.54 Å². The minimum absolute atomic E-state index is 0.227. The van der Waals surface area contributed by atoms with Crippen molar-refractivity contribution in [2.75, 3.05) is 12.0 Å². The molecule has 2 aromatic carbocycles. The van der Waals surface area contributed by atoms with Crippen LogP contribution in [0.1, 0.15) is 28.5 Å². The summed E-state index contributed by atoms with van der Waals surface area (Å²) in [5.41, 5.74) is 2.75. The summed E-state index contributed by atoms with van der Waals surface area (Å²) in [6, 6.07) is 20.9. The Morgan fingerprint density at radius 1 is 1.14 bits per heavy atom. The number of fused-ring (bicyclic) bond motifs is 1. The Morgan fingerprint density at radius 2 is 1.89 bits per heavy atom. The van der Waals surface area contributed by atoms with E-state index in [1.807, 2.05) is 48.7 Å². The highest BCUT2D eigenvalue weighted by molar-refractivity contribution is 7.13. The van der Waals surface area contributed by atoms with Crippen molar-refractivity contribution in [3.05, 3.63) is 88.9 Å². The van der Waals surface area contributed by atoms with E-state index in [1.54, 1.807) is 65.3 Å². The number of methoxy groups -OCH3 is 1. The summed E-state index contributed by atoms with van der Waals surface area (Å²) in [7, 11) is 1.59. The maximum Gasteiger partial charge on any atom is 0.277 e. The molecular formula is C27H26N4O3S. The second-order valence-electron chi connectivity index (χ2n) is 8.83. The van der Waals surface area contributed by atoms with Gasteiger partial charge in [-0.15, -0.1) is 11.3 Å². The largest absolute Gasteiger partial charge is 0.497 e. The standard InChI is InChI=1S/C27H26N4O3S/c1-18-6-8-19(9-7-18)16-28-26(33)27(2)17-30-23(15-22(29-30)24-5-4-14-35-24)25(32)31(27)20-10-12-21(34-3)13-11-20/h4-15H,16-17H2,1-3H3,(H,28,33)/t27-/m1/s1. The fourth-order valence-corrected chi connectivity index (χ4v) is 5.02. The number of hydrogen-bond acceptors (Lipinski definition) is 5. The fourth-order valence-electron chi connectivity index (χ4n) is 4.34. The van der Waals surface area contributed by atoms with Crippen molar-refractivity contribution >= 4 is 28.8 Å². The molecule has 1 atom stereocenters. The lowest BCUT2D eigenvalue weighted by atomic mass is 9.93. The first-order valence-corrected chi connectivity index (χ1v) is 12.2. The number of carbonyl (C=O) groups excluding carboxylic acids is 2. The summed E-state index contributed by atoms with van der Waals surface area (Å²) >= 11 is 1.56. The molecule has 5 rings (SSSR count). The first-order valence-electron chi connectivity index (χ1n) is 11.3. The normalized spacial score (nSPS) is 17.2. The summed E-state index contributed by atoms with van der Waals surface area (Å²) < 4.78 is 6.94. The van der Waals surface area contributed by atoms with Crippen LogP contribution in [0.4, 0.5) is 5.69 Å². The number of nitrogens with zero attached hydrogens (tertiary/aromatic N) is 3. The number of aryl methyl sites for hydroxylation is 1. The molecule has 3 heterocycles. The monoisotopic (exact) mass is 486 g/mol. The second-order valence-corrected chi connectivity index (χ2v) is 9.78. The maximum absolute atomic E-state index is 13.8. The van der Waals surface area contributed by atoms with Crippen molar-refractivity contribution < 1.29 is 14.3 Å². The van der Waals surface area contributed by atoms with Crippen molar-refractivity contribution in [3.63, 3.8) is 0 Å². The molecule has 178 valence electrons. The number of benzene rings is 2. The minimum Gasteiger partial charge on any atom is -0.497 e. The summed E-state index contributed by atoms with van der Waals surface area (Å²) in [6.07, 6.45) is 0. The maximum atomic E-state index is 13.8. The van der Waals surface area contributed by atoms with Crippen LogP contribution in [0.25, 0.3) is 10.6 Å². The van der Waals surface area contributed by atoms with Crippen LogP contribution in [0.5, 0.6) is 5.75 Å². The fraction of sp³-hybridized carbons (Fsp3) is 0.222. The van der Waals surface area contributed by atoms with E-state index in [4.69, 9.17) is 4.74 Å². The molecule has 1 aliphatic heterocycles. The van der Waals surface area contributed by atoms with Crippen LogP contribution in [-0.2, 0) is 17.9 Å². The summed E-state index contributed by atoms with van der Waals surface area (Å²) in [4.78, 5) is 30.1. The van der Waals surface area contributed by atoms with Gasteiger partial charge < -0.3 is 10.1 Å². The smallest absolute Gasteiger partial charge is 0.277 e. The lowest BCUT2D eigenvalue weighted by Crippen LogP contribution is -2.64. The third kappa shape index (κ3) is 4.21. The van der Waals surface area contributed by atoms with Gasteiger partial charge in [-0.25, -0.2) is 0 Å². The molecule has 0 radical (unpaired) electrons. The molecule has 0 spiro atoms. The number of ether oxygens (including phenoxy) is 1. The Hall–Kier alpha value is -3.91.